The zero-order valence-corrected chi connectivity index (χ0v) is 9.64. The summed E-state index contributed by atoms with van der Waals surface area (Å²) in [6, 6.07) is 2.47. The van der Waals surface area contributed by atoms with E-state index in [9.17, 15) is 18.0 Å². The van der Waals surface area contributed by atoms with Crippen LogP contribution < -0.4 is 0 Å². The third-order valence-electron chi connectivity index (χ3n) is 2.50. The normalized spacial score (nSPS) is 11.6. The van der Waals surface area contributed by atoms with Gasteiger partial charge in [-0.05, 0) is 12.1 Å². The summed E-state index contributed by atoms with van der Waals surface area (Å²) in [4.78, 5) is 14.3. The lowest BCUT2D eigenvalue weighted by atomic mass is 10.1. The van der Waals surface area contributed by atoms with Crippen molar-refractivity contribution in [1.82, 2.24) is 14.8 Å². The number of hydrogen-bond donors (Lipinski definition) is 1. The quantitative estimate of drug-likeness (QED) is 0.909. The van der Waals surface area contributed by atoms with Crippen molar-refractivity contribution in [1.29, 1.82) is 0 Å². The topological polar surface area (TPSA) is 68.0 Å². The van der Waals surface area contributed by atoms with E-state index in [1.807, 2.05) is 0 Å². The second-order valence-corrected chi connectivity index (χ2v) is 3.73. The number of alkyl halides is 3. The molecule has 100 valence electrons. The number of aromatic carboxylic acids is 1. The summed E-state index contributed by atoms with van der Waals surface area (Å²) in [5.41, 5.74) is -1.89. The molecule has 0 unspecified atom stereocenters. The largest absolute Gasteiger partial charge is 0.478 e. The lowest BCUT2D eigenvalue weighted by molar-refractivity contribution is -0.140. The van der Waals surface area contributed by atoms with Crippen molar-refractivity contribution in [2.75, 3.05) is 0 Å². The van der Waals surface area contributed by atoms with Gasteiger partial charge in [-0.1, -0.05) is 0 Å². The van der Waals surface area contributed by atoms with Gasteiger partial charge in [0, 0.05) is 18.8 Å². The molecule has 0 aliphatic heterocycles. The fourth-order valence-electron chi connectivity index (χ4n) is 1.74. The van der Waals surface area contributed by atoms with E-state index >= 15 is 0 Å². The van der Waals surface area contributed by atoms with Crippen molar-refractivity contribution < 1.29 is 23.1 Å². The lowest BCUT2D eigenvalue weighted by Gasteiger charge is -2.12. The predicted octanol–water partition coefficient (Wildman–Crippen LogP) is 2.20. The van der Waals surface area contributed by atoms with Crippen LogP contribution in [0.1, 0.15) is 16.1 Å². The molecule has 0 amide bonds. The molecule has 0 atom stereocenters. The number of aromatic nitrogens is 3. The van der Waals surface area contributed by atoms with Gasteiger partial charge in [-0.2, -0.15) is 18.3 Å². The molecule has 0 spiro atoms. The first-order valence-electron chi connectivity index (χ1n) is 5.10. The molecule has 0 aliphatic carbocycles. The highest BCUT2D eigenvalue weighted by Crippen LogP contribution is 2.36. The van der Waals surface area contributed by atoms with E-state index in [-0.39, 0.29) is 16.8 Å². The Kier molecular flexibility index (Phi) is 3.01. The number of hydrogen-bond acceptors (Lipinski definition) is 3. The molecule has 0 radical (unpaired) electrons. The predicted molar refractivity (Wildman–Crippen MR) is 58.4 cm³/mol. The van der Waals surface area contributed by atoms with Gasteiger partial charge < -0.3 is 5.11 Å². The summed E-state index contributed by atoms with van der Waals surface area (Å²) in [6.07, 6.45) is -2.66. The Balaban J connectivity index is 2.73. The van der Waals surface area contributed by atoms with Gasteiger partial charge in [-0.25, -0.2) is 4.79 Å². The first-order chi connectivity index (χ1) is 8.82. The summed E-state index contributed by atoms with van der Waals surface area (Å²) in [5.74, 6) is -1.35. The monoisotopic (exact) mass is 271 g/mol. The number of rotatable bonds is 2. The molecule has 8 heteroatoms. The van der Waals surface area contributed by atoms with Crippen LogP contribution in [-0.2, 0) is 13.2 Å². The number of nitrogens with zero attached hydrogens (tertiary/aromatic N) is 3. The van der Waals surface area contributed by atoms with Crippen molar-refractivity contribution in [3.8, 4) is 11.3 Å². The van der Waals surface area contributed by atoms with Gasteiger partial charge in [-0.3, -0.25) is 9.67 Å². The highest BCUT2D eigenvalue weighted by Gasteiger charge is 2.37. The average Bonchev–Trinajstić information content (AvgIpc) is 2.70. The van der Waals surface area contributed by atoms with Gasteiger partial charge in [-0.15, -0.1) is 0 Å². The van der Waals surface area contributed by atoms with Crippen LogP contribution in [0.4, 0.5) is 13.2 Å². The number of carbonyl (C=O) groups is 1. The summed E-state index contributed by atoms with van der Waals surface area (Å²) in [7, 11) is 1.37. The summed E-state index contributed by atoms with van der Waals surface area (Å²) >= 11 is 0. The molecular weight excluding hydrogens is 263 g/mol. The number of halogens is 3. The molecule has 0 aliphatic rings. The van der Waals surface area contributed by atoms with Crippen LogP contribution in [-0.4, -0.2) is 25.8 Å². The maximum atomic E-state index is 12.9. The van der Waals surface area contributed by atoms with Crippen LogP contribution in [0.25, 0.3) is 11.3 Å². The minimum Gasteiger partial charge on any atom is -0.478 e. The van der Waals surface area contributed by atoms with Gasteiger partial charge in [0.15, 0.2) is 5.69 Å². The molecule has 0 bridgehead atoms. The zero-order valence-electron chi connectivity index (χ0n) is 9.64. The zero-order chi connectivity index (χ0) is 14.2. The van der Waals surface area contributed by atoms with Crippen LogP contribution in [0.5, 0.6) is 0 Å². The molecule has 2 rings (SSSR count). The van der Waals surface area contributed by atoms with E-state index in [2.05, 4.69) is 10.1 Å². The molecule has 1 N–H and O–H groups in total. The highest BCUT2D eigenvalue weighted by atomic mass is 19.4. The van der Waals surface area contributed by atoms with E-state index in [0.717, 1.165) is 17.1 Å². The maximum Gasteiger partial charge on any atom is 0.434 e. The molecule has 19 heavy (non-hydrogen) atoms. The Morgan fingerprint density at radius 1 is 1.42 bits per heavy atom. The van der Waals surface area contributed by atoms with Crippen molar-refractivity contribution in [2.45, 2.75) is 6.18 Å². The summed E-state index contributed by atoms with van der Waals surface area (Å²) < 4.78 is 39.7. The maximum absolute atomic E-state index is 12.9. The second kappa shape index (κ2) is 4.38. The van der Waals surface area contributed by atoms with Crippen molar-refractivity contribution in [3.63, 3.8) is 0 Å². The Hall–Kier alpha value is -2.38. The standard InChI is InChI=1S/C11H8F3N3O2/c1-17-8(7(5-16-17)10(18)19)6-3-2-4-15-9(6)11(12,13)14/h2-5H,1H3,(H,18,19). The molecule has 0 fully saturated rings. The summed E-state index contributed by atoms with van der Waals surface area (Å²) in [5, 5.41) is 12.7. The average molecular weight is 271 g/mol. The van der Waals surface area contributed by atoms with E-state index in [0.29, 0.717) is 0 Å². The molecule has 2 aromatic rings. The van der Waals surface area contributed by atoms with E-state index in [1.54, 1.807) is 0 Å². The van der Waals surface area contributed by atoms with E-state index in [1.165, 1.54) is 19.2 Å². The molecule has 5 nitrogen and oxygen atoms in total. The number of pyridine rings is 1. The minimum absolute atomic E-state index is 0.132. The van der Waals surface area contributed by atoms with Gasteiger partial charge >= 0.3 is 12.1 Å². The van der Waals surface area contributed by atoms with Crippen LogP contribution in [0.2, 0.25) is 0 Å². The third-order valence-corrected chi connectivity index (χ3v) is 2.50. The minimum atomic E-state index is -4.67. The van der Waals surface area contributed by atoms with Crippen molar-refractivity contribution in [3.05, 3.63) is 35.8 Å². The number of carboxylic acid groups (broad SMARTS) is 1. The van der Waals surface area contributed by atoms with E-state index < -0.39 is 17.8 Å². The SMILES string of the molecule is Cn1ncc(C(=O)O)c1-c1cccnc1C(F)(F)F. The smallest absolute Gasteiger partial charge is 0.434 e. The van der Waals surface area contributed by atoms with Crippen molar-refractivity contribution >= 4 is 5.97 Å². The first kappa shape index (κ1) is 13.1. The van der Waals surface area contributed by atoms with Crippen molar-refractivity contribution in [2.24, 2.45) is 7.05 Å². The Morgan fingerprint density at radius 2 is 2.11 bits per heavy atom. The highest BCUT2D eigenvalue weighted by molar-refractivity contribution is 5.95. The molecule has 0 aromatic carbocycles. The van der Waals surface area contributed by atoms with Gasteiger partial charge in [0.25, 0.3) is 0 Å². The van der Waals surface area contributed by atoms with Crippen LogP contribution in [0.3, 0.4) is 0 Å². The number of aryl methyl sites for hydroxylation is 1. The van der Waals surface area contributed by atoms with Gasteiger partial charge in [0.1, 0.15) is 5.56 Å². The lowest BCUT2D eigenvalue weighted by Crippen LogP contribution is -2.12. The third kappa shape index (κ3) is 2.28. The van der Waals surface area contributed by atoms with Crippen LogP contribution in [0, 0.1) is 0 Å². The Morgan fingerprint density at radius 3 is 2.68 bits per heavy atom. The fourth-order valence-corrected chi connectivity index (χ4v) is 1.74. The van der Waals surface area contributed by atoms with Crippen LogP contribution in [0.15, 0.2) is 24.5 Å². The van der Waals surface area contributed by atoms with Gasteiger partial charge in [0.05, 0.1) is 11.9 Å². The molecule has 0 saturated carbocycles. The fraction of sp³-hybridized carbons (Fsp3) is 0.182. The van der Waals surface area contributed by atoms with Crippen LogP contribution >= 0.6 is 0 Å². The molecule has 0 saturated heterocycles. The molecule has 2 heterocycles. The molecule has 2 aromatic heterocycles. The van der Waals surface area contributed by atoms with Gasteiger partial charge in [0.2, 0.25) is 0 Å². The molecular formula is C11H8F3N3O2. The second-order valence-electron chi connectivity index (χ2n) is 3.73. The first-order valence-corrected chi connectivity index (χ1v) is 5.10. The number of carboxylic acids is 1. The summed E-state index contributed by atoms with van der Waals surface area (Å²) in [6.45, 7) is 0. The van der Waals surface area contributed by atoms with E-state index in [4.69, 9.17) is 5.11 Å². The Bertz CT molecular complexity index is 634. The Labute approximate surface area is 105 Å².